The Balaban J connectivity index is 3.14. The fourth-order valence-corrected chi connectivity index (χ4v) is 1.54. The van der Waals surface area contributed by atoms with Crippen LogP contribution in [0.1, 0.15) is 17.3 Å². The second-order valence-electron chi connectivity index (χ2n) is 2.36. The Kier molecular flexibility index (Phi) is 3.58. The van der Waals surface area contributed by atoms with Crippen LogP contribution in [0.4, 0.5) is 0 Å². The number of carbonyl (C=O) groups excluding carboxylic acids is 1. The number of hydrogen-bond acceptors (Lipinski definition) is 2. The van der Waals surface area contributed by atoms with Crippen molar-refractivity contribution in [3.63, 3.8) is 0 Å². The van der Waals surface area contributed by atoms with Gasteiger partial charge in [0.25, 0.3) is 0 Å². The molecule has 0 amide bonds. The van der Waals surface area contributed by atoms with Gasteiger partial charge in [0.05, 0.1) is 16.7 Å². The van der Waals surface area contributed by atoms with Gasteiger partial charge < -0.3 is 4.74 Å². The third-order valence-corrected chi connectivity index (χ3v) is 2.01. The molecule has 0 unspecified atom stereocenters. The molecule has 0 N–H and O–H groups in total. The minimum Gasteiger partial charge on any atom is -0.491 e. The maximum Gasteiger partial charge on any atom is 0.156 e. The molecule has 0 aliphatic carbocycles. The number of hydrogen-bond donors (Lipinski definition) is 0. The summed E-state index contributed by atoms with van der Waals surface area (Å²) < 4.78 is 5.19. The minimum absolute atomic E-state index is 0.358. The van der Waals surface area contributed by atoms with Crippen LogP contribution >= 0.6 is 23.2 Å². The smallest absolute Gasteiger partial charge is 0.156 e. The summed E-state index contributed by atoms with van der Waals surface area (Å²) in [4.78, 5) is 10.4. The van der Waals surface area contributed by atoms with E-state index in [0.29, 0.717) is 34.3 Å². The highest BCUT2D eigenvalue weighted by Gasteiger charge is 2.08. The lowest BCUT2D eigenvalue weighted by molar-refractivity contribution is 0.112. The van der Waals surface area contributed by atoms with Gasteiger partial charge in [-0.15, -0.1) is 0 Å². The van der Waals surface area contributed by atoms with E-state index in [4.69, 9.17) is 27.9 Å². The zero-order chi connectivity index (χ0) is 9.84. The summed E-state index contributed by atoms with van der Waals surface area (Å²) in [5.74, 6) is 0.427. The van der Waals surface area contributed by atoms with Gasteiger partial charge in [0.2, 0.25) is 0 Å². The maximum atomic E-state index is 10.4. The van der Waals surface area contributed by atoms with Crippen LogP contribution in [0.2, 0.25) is 10.0 Å². The van der Waals surface area contributed by atoms with Gasteiger partial charge in [-0.3, -0.25) is 4.79 Å². The van der Waals surface area contributed by atoms with Gasteiger partial charge in [0.1, 0.15) is 6.29 Å². The average Bonchev–Trinajstić information content (AvgIpc) is 2.11. The molecule has 0 aromatic heterocycles. The number of rotatable bonds is 3. The molecule has 0 aliphatic heterocycles. The molecule has 2 nitrogen and oxygen atoms in total. The predicted molar refractivity (Wildman–Crippen MR) is 53.0 cm³/mol. The molecule has 0 saturated heterocycles. The molecule has 1 aromatic rings. The molecule has 0 heterocycles. The number of benzene rings is 1. The second-order valence-corrected chi connectivity index (χ2v) is 3.18. The number of ether oxygens (including phenoxy) is 1. The van der Waals surface area contributed by atoms with Gasteiger partial charge in [0.15, 0.2) is 5.75 Å². The normalized spacial score (nSPS) is 9.77. The average molecular weight is 219 g/mol. The number of carbonyl (C=O) groups is 1. The zero-order valence-corrected chi connectivity index (χ0v) is 8.52. The van der Waals surface area contributed by atoms with Gasteiger partial charge in [0, 0.05) is 5.56 Å². The largest absolute Gasteiger partial charge is 0.491 e. The van der Waals surface area contributed by atoms with Crippen LogP contribution in [0.5, 0.6) is 5.75 Å². The van der Waals surface area contributed by atoms with Crippen LogP contribution in [-0.2, 0) is 0 Å². The lowest BCUT2D eigenvalue weighted by atomic mass is 10.2. The Hall–Kier alpha value is -0.730. The summed E-state index contributed by atoms with van der Waals surface area (Å²) in [5, 5.41) is 0.716. The topological polar surface area (TPSA) is 26.3 Å². The molecule has 0 spiro atoms. The number of aldehydes is 1. The van der Waals surface area contributed by atoms with E-state index in [1.54, 1.807) is 0 Å². The SMILES string of the molecule is CCOc1c(Cl)cc(C=O)cc1Cl. The first-order valence-electron chi connectivity index (χ1n) is 3.76. The first kappa shape index (κ1) is 10.4. The summed E-state index contributed by atoms with van der Waals surface area (Å²) in [7, 11) is 0. The van der Waals surface area contributed by atoms with Crippen molar-refractivity contribution in [2.24, 2.45) is 0 Å². The Bertz CT molecular complexity index is 300. The molecule has 13 heavy (non-hydrogen) atoms. The quantitative estimate of drug-likeness (QED) is 0.729. The molecule has 0 aliphatic rings. The van der Waals surface area contributed by atoms with E-state index in [0.717, 1.165) is 0 Å². The van der Waals surface area contributed by atoms with Crippen LogP contribution in [0.25, 0.3) is 0 Å². The van der Waals surface area contributed by atoms with Crippen molar-refractivity contribution in [2.45, 2.75) is 6.92 Å². The highest BCUT2D eigenvalue weighted by atomic mass is 35.5. The third kappa shape index (κ3) is 2.36. The molecule has 70 valence electrons. The van der Waals surface area contributed by atoms with Crippen LogP contribution in [0.15, 0.2) is 12.1 Å². The second kappa shape index (κ2) is 4.49. The van der Waals surface area contributed by atoms with Crippen LogP contribution in [-0.4, -0.2) is 12.9 Å². The first-order valence-corrected chi connectivity index (χ1v) is 4.51. The molecule has 1 aromatic carbocycles. The molecule has 0 atom stereocenters. The van der Waals surface area contributed by atoms with Crippen molar-refractivity contribution in [1.82, 2.24) is 0 Å². The molecule has 0 saturated carbocycles. The molecule has 4 heteroatoms. The monoisotopic (exact) mass is 218 g/mol. The fourth-order valence-electron chi connectivity index (χ4n) is 0.930. The summed E-state index contributed by atoms with van der Waals surface area (Å²) in [6.07, 6.45) is 0.688. The van der Waals surface area contributed by atoms with Crippen LogP contribution < -0.4 is 4.74 Å². The summed E-state index contributed by atoms with van der Waals surface area (Å²) >= 11 is 11.6. The van der Waals surface area contributed by atoms with Crippen molar-refractivity contribution in [1.29, 1.82) is 0 Å². The Morgan fingerprint density at radius 2 is 1.92 bits per heavy atom. The van der Waals surface area contributed by atoms with Crippen molar-refractivity contribution in [3.8, 4) is 5.75 Å². The van der Waals surface area contributed by atoms with Crippen molar-refractivity contribution in [2.75, 3.05) is 6.61 Å². The summed E-state index contributed by atoms with van der Waals surface area (Å²) in [6, 6.07) is 3.04. The number of halogens is 2. The molecule has 0 bridgehead atoms. The highest BCUT2D eigenvalue weighted by Crippen LogP contribution is 2.33. The van der Waals surface area contributed by atoms with E-state index >= 15 is 0 Å². The predicted octanol–water partition coefficient (Wildman–Crippen LogP) is 3.20. The summed E-state index contributed by atoms with van der Waals surface area (Å²) in [5.41, 5.74) is 0.443. The molecular weight excluding hydrogens is 211 g/mol. The van der Waals surface area contributed by atoms with Gasteiger partial charge >= 0.3 is 0 Å². The molecule has 1 rings (SSSR count). The van der Waals surface area contributed by atoms with E-state index in [9.17, 15) is 4.79 Å². The van der Waals surface area contributed by atoms with E-state index < -0.39 is 0 Å². The van der Waals surface area contributed by atoms with Gasteiger partial charge in [-0.2, -0.15) is 0 Å². The Morgan fingerprint density at radius 1 is 1.38 bits per heavy atom. The van der Waals surface area contributed by atoms with Crippen LogP contribution in [0.3, 0.4) is 0 Å². The standard InChI is InChI=1S/C9H8Cl2O2/c1-2-13-9-7(10)3-6(5-12)4-8(9)11/h3-5H,2H2,1H3. The van der Waals surface area contributed by atoms with E-state index in [1.807, 2.05) is 6.92 Å². The highest BCUT2D eigenvalue weighted by molar-refractivity contribution is 6.37. The Morgan fingerprint density at radius 3 is 2.31 bits per heavy atom. The van der Waals surface area contributed by atoms with Crippen LogP contribution in [0, 0.1) is 0 Å². The molecule has 0 radical (unpaired) electrons. The summed E-state index contributed by atoms with van der Waals surface area (Å²) in [6.45, 7) is 2.32. The van der Waals surface area contributed by atoms with Gasteiger partial charge in [-0.1, -0.05) is 23.2 Å². The minimum atomic E-state index is 0.358. The first-order chi connectivity index (χ1) is 6.19. The third-order valence-electron chi connectivity index (χ3n) is 1.45. The fraction of sp³-hybridized carbons (Fsp3) is 0.222. The van der Waals surface area contributed by atoms with Gasteiger partial charge in [-0.05, 0) is 19.1 Å². The van der Waals surface area contributed by atoms with Gasteiger partial charge in [-0.25, -0.2) is 0 Å². The van der Waals surface area contributed by atoms with Crippen molar-refractivity contribution >= 4 is 29.5 Å². The van der Waals surface area contributed by atoms with Crippen molar-refractivity contribution in [3.05, 3.63) is 27.7 Å². The Labute approximate surface area is 86.4 Å². The van der Waals surface area contributed by atoms with E-state index in [1.165, 1.54) is 12.1 Å². The molecule has 0 fully saturated rings. The maximum absolute atomic E-state index is 10.4. The zero-order valence-electron chi connectivity index (χ0n) is 7.01. The van der Waals surface area contributed by atoms with E-state index in [2.05, 4.69) is 0 Å². The van der Waals surface area contributed by atoms with Crippen molar-refractivity contribution < 1.29 is 9.53 Å². The lowest BCUT2D eigenvalue weighted by Gasteiger charge is -2.07. The van der Waals surface area contributed by atoms with E-state index in [-0.39, 0.29) is 0 Å². The molecular formula is C9H8Cl2O2. The lowest BCUT2D eigenvalue weighted by Crippen LogP contribution is -1.94.